The number of aromatic nitrogens is 3. The van der Waals surface area contributed by atoms with Crippen LogP contribution < -0.4 is 14.7 Å². The Morgan fingerprint density at radius 1 is 0.857 bits per heavy atom. The lowest BCUT2D eigenvalue weighted by molar-refractivity contribution is -0.137. The molecule has 0 aliphatic carbocycles. The molecular formula is C19H23F3N6. The Labute approximate surface area is 162 Å². The molecule has 28 heavy (non-hydrogen) atoms. The van der Waals surface area contributed by atoms with Gasteiger partial charge in [-0.3, -0.25) is 0 Å². The molecule has 150 valence electrons. The Bertz CT molecular complexity index is 827. The van der Waals surface area contributed by atoms with E-state index >= 15 is 0 Å². The zero-order valence-corrected chi connectivity index (χ0v) is 15.8. The molecule has 0 aromatic carbocycles. The predicted octanol–water partition coefficient (Wildman–Crippen LogP) is 3.13. The van der Waals surface area contributed by atoms with Crippen LogP contribution in [0.25, 0.3) is 0 Å². The quantitative estimate of drug-likeness (QED) is 0.800. The van der Waals surface area contributed by atoms with Crippen molar-refractivity contribution >= 4 is 17.5 Å². The molecule has 0 bridgehead atoms. The highest BCUT2D eigenvalue weighted by molar-refractivity contribution is 5.54. The lowest BCUT2D eigenvalue weighted by atomic mass is 10.2. The van der Waals surface area contributed by atoms with Gasteiger partial charge in [0.15, 0.2) is 0 Å². The van der Waals surface area contributed by atoms with Gasteiger partial charge in [-0.1, -0.05) is 0 Å². The summed E-state index contributed by atoms with van der Waals surface area (Å²) in [7, 11) is 0. The number of alkyl halides is 3. The van der Waals surface area contributed by atoms with Gasteiger partial charge in [-0.25, -0.2) is 15.0 Å². The molecular weight excluding hydrogens is 369 g/mol. The van der Waals surface area contributed by atoms with Crippen LogP contribution in [-0.2, 0) is 6.18 Å². The van der Waals surface area contributed by atoms with Gasteiger partial charge in [-0.05, 0) is 31.9 Å². The topological polar surface area (TPSA) is 48.4 Å². The summed E-state index contributed by atoms with van der Waals surface area (Å²) in [6.45, 7) is 5.98. The van der Waals surface area contributed by atoms with E-state index in [0.29, 0.717) is 32.0 Å². The number of aryl methyl sites for hydroxylation is 1. The summed E-state index contributed by atoms with van der Waals surface area (Å²) < 4.78 is 39.8. The van der Waals surface area contributed by atoms with Gasteiger partial charge in [-0.15, -0.1) is 0 Å². The molecule has 6 nitrogen and oxygen atoms in total. The summed E-state index contributed by atoms with van der Waals surface area (Å²) in [5, 5.41) is 0. The van der Waals surface area contributed by atoms with Crippen LogP contribution in [0.2, 0.25) is 0 Å². The van der Waals surface area contributed by atoms with Crippen molar-refractivity contribution in [2.75, 3.05) is 54.0 Å². The lowest BCUT2D eigenvalue weighted by Gasteiger charge is -2.37. The molecule has 0 amide bonds. The van der Waals surface area contributed by atoms with Crippen LogP contribution >= 0.6 is 0 Å². The molecule has 9 heteroatoms. The summed E-state index contributed by atoms with van der Waals surface area (Å²) in [5.41, 5.74) is -0.683. The van der Waals surface area contributed by atoms with E-state index in [2.05, 4.69) is 24.8 Å². The minimum absolute atomic E-state index is 0.00581. The van der Waals surface area contributed by atoms with Crippen LogP contribution in [-0.4, -0.2) is 54.2 Å². The number of hydrogen-bond acceptors (Lipinski definition) is 6. The minimum atomic E-state index is -4.41. The largest absolute Gasteiger partial charge is 0.419 e. The summed E-state index contributed by atoms with van der Waals surface area (Å²) >= 11 is 0. The average Bonchev–Trinajstić information content (AvgIpc) is 3.22. The third-order valence-electron chi connectivity index (χ3n) is 5.24. The molecule has 2 aliphatic heterocycles. The third-order valence-corrected chi connectivity index (χ3v) is 5.24. The van der Waals surface area contributed by atoms with Crippen LogP contribution in [0.3, 0.4) is 0 Å². The van der Waals surface area contributed by atoms with E-state index in [0.717, 1.165) is 30.8 Å². The highest BCUT2D eigenvalue weighted by Crippen LogP contribution is 2.35. The normalized spacial score (nSPS) is 18.1. The van der Waals surface area contributed by atoms with E-state index in [-0.39, 0.29) is 5.82 Å². The van der Waals surface area contributed by atoms with Gasteiger partial charge in [-0.2, -0.15) is 13.2 Å². The molecule has 0 atom stereocenters. The van der Waals surface area contributed by atoms with Crippen molar-refractivity contribution in [3.8, 4) is 0 Å². The van der Waals surface area contributed by atoms with Gasteiger partial charge in [0.1, 0.15) is 23.3 Å². The van der Waals surface area contributed by atoms with Gasteiger partial charge < -0.3 is 14.7 Å². The van der Waals surface area contributed by atoms with E-state index in [1.54, 1.807) is 4.90 Å². The fourth-order valence-corrected chi connectivity index (χ4v) is 3.82. The van der Waals surface area contributed by atoms with Crippen LogP contribution in [0, 0.1) is 6.92 Å². The summed E-state index contributed by atoms with van der Waals surface area (Å²) in [5.74, 6) is 2.50. The molecule has 0 radical (unpaired) electrons. The van der Waals surface area contributed by atoms with Crippen molar-refractivity contribution < 1.29 is 13.2 Å². The lowest BCUT2D eigenvalue weighted by Crippen LogP contribution is -2.47. The molecule has 2 aromatic rings. The van der Waals surface area contributed by atoms with Gasteiger partial charge in [0.05, 0.1) is 5.56 Å². The highest BCUT2D eigenvalue weighted by Gasteiger charge is 2.36. The number of halogens is 3. The van der Waals surface area contributed by atoms with E-state index in [1.807, 2.05) is 13.0 Å². The van der Waals surface area contributed by atoms with Crippen molar-refractivity contribution in [3.63, 3.8) is 0 Å². The molecule has 2 aliphatic rings. The SMILES string of the molecule is Cc1nc(N2CCCC2)cc(N2CCN(c3ncccc3C(F)(F)F)CC2)n1. The van der Waals surface area contributed by atoms with Crippen LogP contribution in [0.4, 0.5) is 30.6 Å². The summed E-state index contributed by atoms with van der Waals surface area (Å²) in [6.07, 6.45) is -0.659. The van der Waals surface area contributed by atoms with Crippen LogP contribution in [0.5, 0.6) is 0 Å². The molecule has 0 saturated carbocycles. The van der Waals surface area contributed by atoms with E-state index < -0.39 is 11.7 Å². The molecule has 0 unspecified atom stereocenters. The Hall–Kier alpha value is -2.58. The second-order valence-electron chi connectivity index (χ2n) is 7.17. The van der Waals surface area contributed by atoms with E-state index in [9.17, 15) is 13.2 Å². The first-order chi connectivity index (χ1) is 13.4. The Morgan fingerprint density at radius 2 is 1.43 bits per heavy atom. The zero-order valence-electron chi connectivity index (χ0n) is 15.8. The smallest absolute Gasteiger partial charge is 0.356 e. The van der Waals surface area contributed by atoms with Crippen molar-refractivity contribution in [1.82, 2.24) is 15.0 Å². The number of anilines is 3. The maximum atomic E-state index is 13.3. The van der Waals surface area contributed by atoms with Crippen molar-refractivity contribution in [3.05, 3.63) is 35.8 Å². The summed E-state index contributed by atoms with van der Waals surface area (Å²) in [6, 6.07) is 4.41. The van der Waals surface area contributed by atoms with Gasteiger partial charge in [0.25, 0.3) is 0 Å². The molecule has 0 spiro atoms. The highest BCUT2D eigenvalue weighted by atomic mass is 19.4. The Kier molecular flexibility index (Phi) is 4.99. The van der Waals surface area contributed by atoms with Gasteiger partial charge in [0, 0.05) is 51.5 Å². The van der Waals surface area contributed by atoms with E-state index in [4.69, 9.17) is 0 Å². The first kappa shape index (κ1) is 18.8. The van der Waals surface area contributed by atoms with Crippen LogP contribution in [0.15, 0.2) is 24.4 Å². The van der Waals surface area contributed by atoms with Crippen molar-refractivity contribution in [2.24, 2.45) is 0 Å². The number of piperazine rings is 1. The predicted molar refractivity (Wildman–Crippen MR) is 102 cm³/mol. The van der Waals surface area contributed by atoms with E-state index in [1.165, 1.54) is 25.1 Å². The standard InChI is InChI=1S/C19H23F3N6/c1-14-24-16(26-7-2-3-8-26)13-17(25-14)27-9-11-28(12-10-27)18-15(19(20,21)22)5-4-6-23-18/h4-6,13H,2-3,7-12H2,1H3. The molecule has 2 saturated heterocycles. The minimum Gasteiger partial charge on any atom is -0.356 e. The fraction of sp³-hybridized carbons (Fsp3) is 0.526. The second kappa shape index (κ2) is 7.44. The molecule has 4 heterocycles. The average molecular weight is 392 g/mol. The number of hydrogen-bond donors (Lipinski definition) is 0. The molecule has 0 N–H and O–H groups in total. The monoisotopic (exact) mass is 392 g/mol. The van der Waals surface area contributed by atoms with Crippen molar-refractivity contribution in [2.45, 2.75) is 25.9 Å². The van der Waals surface area contributed by atoms with Gasteiger partial charge in [0.2, 0.25) is 0 Å². The van der Waals surface area contributed by atoms with Crippen LogP contribution in [0.1, 0.15) is 24.2 Å². The maximum absolute atomic E-state index is 13.3. The fourth-order valence-electron chi connectivity index (χ4n) is 3.82. The van der Waals surface area contributed by atoms with Gasteiger partial charge >= 0.3 is 6.18 Å². The Morgan fingerprint density at radius 3 is 2.04 bits per heavy atom. The number of rotatable bonds is 3. The molecule has 2 aromatic heterocycles. The first-order valence-corrected chi connectivity index (χ1v) is 9.54. The zero-order chi connectivity index (χ0) is 19.7. The maximum Gasteiger partial charge on any atom is 0.419 e. The third kappa shape index (κ3) is 3.83. The Balaban J connectivity index is 1.49. The van der Waals surface area contributed by atoms with Crippen molar-refractivity contribution in [1.29, 1.82) is 0 Å². The number of nitrogens with zero attached hydrogens (tertiary/aromatic N) is 6. The molecule has 2 fully saturated rings. The number of pyridine rings is 1. The first-order valence-electron chi connectivity index (χ1n) is 9.54. The molecule has 4 rings (SSSR count). The second-order valence-corrected chi connectivity index (χ2v) is 7.17. The summed E-state index contributed by atoms with van der Waals surface area (Å²) in [4.78, 5) is 19.2.